The Bertz CT molecular complexity index is 1510. The van der Waals surface area contributed by atoms with E-state index in [0.717, 1.165) is 0 Å². The van der Waals surface area contributed by atoms with Crippen LogP contribution in [0.25, 0.3) is 0 Å². The fourth-order valence-corrected chi connectivity index (χ4v) is 6.51. The van der Waals surface area contributed by atoms with Gasteiger partial charge in [0.25, 0.3) is 0 Å². The first-order chi connectivity index (χ1) is 20.0. The molecule has 0 N–H and O–H groups in total. The van der Waals surface area contributed by atoms with E-state index < -0.39 is 44.1 Å². The molecule has 0 bridgehead atoms. The highest BCUT2D eigenvalue weighted by Crippen LogP contribution is 2.34. The highest BCUT2D eigenvalue weighted by molar-refractivity contribution is 7.97. The molecule has 4 aromatic rings. The molecular formula is C30H30F5N3O3S2. The monoisotopic (exact) mass is 639 g/mol. The van der Waals surface area contributed by atoms with Crippen LogP contribution < -0.4 is 14.7 Å². The standard InChI is InChI=1S/C24H30N3S.C6HF5O3S/c1-25(2)19-7-13-22(14-8-19)28(23-15-9-20(10-16-23)26(3)4)24-17-11-21(12-18-24)27(5)6;7-1-2(8)4(10)6(15(12,13)14)5(11)3(1)9/h7-18H,1-6H3;(H,12,13,14)/q+1;/p-1. The summed E-state index contributed by atoms with van der Waals surface area (Å²) in [7, 11) is 6.56. The molecule has 0 aliphatic rings. The van der Waals surface area contributed by atoms with Crippen LogP contribution in [0.1, 0.15) is 0 Å². The lowest BCUT2D eigenvalue weighted by molar-refractivity contribution is 0.350. The van der Waals surface area contributed by atoms with Gasteiger partial charge in [-0.2, -0.15) is 0 Å². The average Bonchev–Trinajstić information content (AvgIpc) is 2.96. The van der Waals surface area contributed by atoms with Crippen molar-refractivity contribution in [2.24, 2.45) is 0 Å². The van der Waals surface area contributed by atoms with E-state index in [-0.39, 0.29) is 10.9 Å². The Morgan fingerprint density at radius 3 is 0.930 bits per heavy atom. The fourth-order valence-electron chi connectivity index (χ4n) is 3.85. The fraction of sp³-hybridized carbons (Fsp3) is 0.200. The quantitative estimate of drug-likeness (QED) is 0.0782. The highest BCUT2D eigenvalue weighted by atomic mass is 32.2. The minimum atomic E-state index is -5.77. The maximum Gasteiger partial charge on any atom is 0.200 e. The molecular weight excluding hydrogens is 609 g/mol. The van der Waals surface area contributed by atoms with Gasteiger partial charge < -0.3 is 19.3 Å². The molecule has 230 valence electrons. The van der Waals surface area contributed by atoms with Crippen LogP contribution in [0.4, 0.5) is 39.0 Å². The summed E-state index contributed by atoms with van der Waals surface area (Å²) < 4.78 is 92.9. The third-order valence-corrected chi connectivity index (χ3v) is 9.28. The molecule has 4 aromatic carbocycles. The largest absolute Gasteiger partial charge is 0.744 e. The molecule has 0 heterocycles. The Morgan fingerprint density at radius 2 is 0.721 bits per heavy atom. The Balaban J connectivity index is 0.000000285. The maximum atomic E-state index is 12.6. The molecule has 0 saturated carbocycles. The lowest BCUT2D eigenvalue weighted by Gasteiger charge is -2.16. The Hall–Kier alpha value is -3.81. The number of hydrogen-bond donors (Lipinski definition) is 0. The van der Waals surface area contributed by atoms with Gasteiger partial charge in [0.15, 0.2) is 38.0 Å². The van der Waals surface area contributed by atoms with Gasteiger partial charge in [-0.1, -0.05) is 0 Å². The number of rotatable bonds is 7. The predicted octanol–water partition coefficient (Wildman–Crippen LogP) is 6.27. The van der Waals surface area contributed by atoms with Gasteiger partial charge in [0, 0.05) is 59.3 Å². The molecule has 0 radical (unpaired) electrons. The molecule has 0 fully saturated rings. The molecule has 0 atom stereocenters. The molecule has 0 aromatic heterocycles. The summed E-state index contributed by atoms with van der Waals surface area (Å²) in [4.78, 5) is 8.04. The number of anilines is 3. The van der Waals surface area contributed by atoms with Crippen LogP contribution >= 0.6 is 0 Å². The van der Waals surface area contributed by atoms with Crippen LogP contribution in [-0.2, 0) is 21.0 Å². The van der Waals surface area contributed by atoms with E-state index in [2.05, 4.69) is 130 Å². The van der Waals surface area contributed by atoms with E-state index in [1.165, 1.54) is 31.7 Å². The highest BCUT2D eigenvalue weighted by Gasteiger charge is 2.30. The van der Waals surface area contributed by atoms with Gasteiger partial charge in [-0.25, -0.2) is 30.4 Å². The lowest BCUT2D eigenvalue weighted by atomic mass is 10.3. The minimum Gasteiger partial charge on any atom is -0.744 e. The zero-order valence-electron chi connectivity index (χ0n) is 24.2. The van der Waals surface area contributed by atoms with Crippen LogP contribution in [0.15, 0.2) is 92.4 Å². The van der Waals surface area contributed by atoms with E-state index in [9.17, 15) is 34.9 Å². The van der Waals surface area contributed by atoms with E-state index in [1.807, 2.05) is 0 Å². The Labute approximate surface area is 251 Å². The molecule has 13 heteroatoms. The van der Waals surface area contributed by atoms with Gasteiger partial charge in [0.05, 0.1) is 10.9 Å². The smallest absolute Gasteiger partial charge is 0.200 e. The van der Waals surface area contributed by atoms with Crippen molar-refractivity contribution in [2.75, 3.05) is 57.0 Å². The number of halogens is 5. The molecule has 0 spiro atoms. The summed E-state index contributed by atoms with van der Waals surface area (Å²) in [5.41, 5.74) is 3.66. The van der Waals surface area contributed by atoms with Crippen molar-refractivity contribution in [1.29, 1.82) is 0 Å². The zero-order chi connectivity index (χ0) is 32.2. The van der Waals surface area contributed by atoms with Crippen LogP contribution in [0.3, 0.4) is 0 Å². The molecule has 0 unspecified atom stereocenters. The van der Waals surface area contributed by atoms with Crippen molar-refractivity contribution in [3.63, 3.8) is 0 Å². The van der Waals surface area contributed by atoms with Gasteiger partial charge in [-0.05, 0) is 72.8 Å². The molecule has 4 rings (SSSR count). The van der Waals surface area contributed by atoms with Crippen molar-refractivity contribution in [3.05, 3.63) is 102 Å². The molecule has 0 aliphatic heterocycles. The third kappa shape index (κ3) is 7.78. The van der Waals surface area contributed by atoms with E-state index >= 15 is 0 Å². The van der Waals surface area contributed by atoms with Gasteiger partial charge in [-0.15, -0.1) is 0 Å². The van der Waals surface area contributed by atoms with E-state index in [0.29, 0.717) is 0 Å². The van der Waals surface area contributed by atoms with Crippen molar-refractivity contribution in [1.82, 2.24) is 0 Å². The maximum absolute atomic E-state index is 12.6. The Kier molecular flexibility index (Phi) is 10.7. The first kappa shape index (κ1) is 33.7. The van der Waals surface area contributed by atoms with Gasteiger partial charge in [0.2, 0.25) is 5.82 Å². The van der Waals surface area contributed by atoms with Gasteiger partial charge >= 0.3 is 0 Å². The molecule has 6 nitrogen and oxygen atoms in total. The van der Waals surface area contributed by atoms with Crippen molar-refractivity contribution in [3.8, 4) is 0 Å². The number of nitrogens with zero attached hydrogens (tertiary/aromatic N) is 3. The van der Waals surface area contributed by atoms with Crippen molar-refractivity contribution >= 4 is 38.1 Å². The summed E-state index contributed by atoms with van der Waals surface area (Å²) >= 11 is 0. The van der Waals surface area contributed by atoms with Gasteiger partial charge in [-0.3, -0.25) is 0 Å². The third-order valence-electron chi connectivity index (χ3n) is 6.19. The topological polar surface area (TPSA) is 66.9 Å². The number of hydrogen-bond acceptors (Lipinski definition) is 6. The van der Waals surface area contributed by atoms with Crippen LogP contribution in [0.5, 0.6) is 0 Å². The summed E-state index contributed by atoms with van der Waals surface area (Å²) in [5.74, 6) is -12.8. The Morgan fingerprint density at radius 1 is 0.488 bits per heavy atom. The molecule has 0 amide bonds. The summed E-state index contributed by atoms with van der Waals surface area (Å²) in [5, 5.41) is 0. The van der Waals surface area contributed by atoms with E-state index in [4.69, 9.17) is 0 Å². The average molecular weight is 640 g/mol. The van der Waals surface area contributed by atoms with Crippen LogP contribution in [-0.4, -0.2) is 55.3 Å². The second-order valence-corrected chi connectivity index (χ2v) is 13.2. The summed E-state index contributed by atoms with van der Waals surface area (Å²) in [6.45, 7) is 0. The SMILES string of the molecule is CN(C)c1ccc([S+](c2ccc(N(C)C)cc2)c2ccc(N(C)C)cc2)cc1.O=S(=O)([O-])c1c(F)c(F)c(F)c(F)c1F. The number of benzene rings is 4. The lowest BCUT2D eigenvalue weighted by Crippen LogP contribution is -2.12. The minimum absolute atomic E-state index is 0.135. The van der Waals surface area contributed by atoms with Crippen LogP contribution in [0.2, 0.25) is 0 Å². The first-order valence-electron chi connectivity index (χ1n) is 12.6. The normalized spacial score (nSPS) is 11.2. The summed E-state index contributed by atoms with van der Waals surface area (Å²) in [6, 6.07) is 26.8. The zero-order valence-corrected chi connectivity index (χ0v) is 25.8. The molecule has 0 saturated heterocycles. The molecule has 0 aliphatic carbocycles. The predicted molar refractivity (Wildman–Crippen MR) is 159 cm³/mol. The van der Waals surface area contributed by atoms with E-state index in [1.54, 1.807) is 0 Å². The second-order valence-electron chi connectivity index (χ2n) is 9.82. The van der Waals surface area contributed by atoms with Crippen molar-refractivity contribution < 1.29 is 34.9 Å². The first-order valence-corrected chi connectivity index (χ1v) is 15.2. The summed E-state index contributed by atoms with van der Waals surface area (Å²) in [6.07, 6.45) is 0. The van der Waals surface area contributed by atoms with Crippen molar-refractivity contribution in [2.45, 2.75) is 19.6 Å². The van der Waals surface area contributed by atoms with Crippen LogP contribution in [0, 0.1) is 29.1 Å². The van der Waals surface area contributed by atoms with Gasteiger partial charge in [0.1, 0.15) is 15.0 Å². The molecule has 43 heavy (non-hydrogen) atoms. The second kappa shape index (κ2) is 13.7.